The van der Waals surface area contributed by atoms with Crippen LogP contribution in [0, 0.1) is 0 Å². The van der Waals surface area contributed by atoms with E-state index in [1.165, 1.54) is 19.3 Å². The first-order chi connectivity index (χ1) is 6.72. The van der Waals surface area contributed by atoms with Gasteiger partial charge in [-0.15, -0.1) is 0 Å². The molecular weight excluding hydrogens is 182 g/mol. The Bertz CT molecular complexity index is 213. The van der Waals surface area contributed by atoms with Crippen molar-refractivity contribution >= 4 is 5.97 Å². The van der Waals surface area contributed by atoms with Crippen molar-refractivity contribution in [3.63, 3.8) is 0 Å². The Morgan fingerprint density at radius 2 is 2.07 bits per heavy atom. The maximum Gasteiger partial charge on any atom is 0.323 e. The van der Waals surface area contributed by atoms with Crippen LogP contribution >= 0.6 is 0 Å². The largest absolute Gasteiger partial charge is 0.480 e. The van der Waals surface area contributed by atoms with Gasteiger partial charge in [-0.1, -0.05) is 19.3 Å². The summed E-state index contributed by atoms with van der Waals surface area (Å²) in [7, 11) is 0. The molecule has 2 N–H and O–H groups in total. The van der Waals surface area contributed by atoms with Gasteiger partial charge in [0.2, 0.25) is 0 Å². The highest BCUT2D eigenvalue weighted by Crippen LogP contribution is 2.32. The topological polar surface area (TPSA) is 58.6 Å². The van der Waals surface area contributed by atoms with E-state index >= 15 is 0 Å². The number of carbonyl (C=O) groups is 1. The zero-order valence-electron chi connectivity index (χ0n) is 8.29. The molecule has 4 heteroatoms. The average molecular weight is 199 g/mol. The summed E-state index contributed by atoms with van der Waals surface area (Å²) in [4.78, 5) is 10.7. The number of rotatable bonds is 1. The van der Waals surface area contributed by atoms with Crippen LogP contribution in [-0.2, 0) is 9.53 Å². The molecule has 1 unspecified atom stereocenters. The average Bonchev–Trinajstić information content (AvgIpc) is 2.19. The van der Waals surface area contributed by atoms with E-state index in [0.29, 0.717) is 13.2 Å². The fraction of sp³-hybridized carbons (Fsp3) is 0.900. The number of morpholine rings is 1. The van der Waals surface area contributed by atoms with Crippen molar-refractivity contribution in [2.75, 3.05) is 13.2 Å². The molecule has 2 rings (SSSR count). The number of carboxylic acids is 1. The lowest BCUT2D eigenvalue weighted by Crippen LogP contribution is -2.57. The zero-order chi connectivity index (χ0) is 10.0. The Kier molecular flexibility index (Phi) is 2.74. The van der Waals surface area contributed by atoms with Crippen LogP contribution in [0.3, 0.4) is 0 Å². The first kappa shape index (κ1) is 9.93. The maximum atomic E-state index is 10.7. The summed E-state index contributed by atoms with van der Waals surface area (Å²) in [6.45, 7) is 1.01. The predicted octanol–water partition coefficient (Wildman–Crippen LogP) is 0.762. The molecule has 14 heavy (non-hydrogen) atoms. The predicted molar refractivity (Wildman–Crippen MR) is 51.2 cm³/mol. The molecule has 1 saturated heterocycles. The van der Waals surface area contributed by atoms with Gasteiger partial charge in [0.15, 0.2) is 0 Å². The van der Waals surface area contributed by atoms with Crippen molar-refractivity contribution in [3.8, 4) is 0 Å². The molecule has 1 atom stereocenters. The van der Waals surface area contributed by atoms with E-state index < -0.39 is 12.0 Å². The summed E-state index contributed by atoms with van der Waals surface area (Å²) in [5, 5.41) is 11.8. The SMILES string of the molecule is O=C(O)C1COC2(CCCCC2)CN1. The second-order valence-electron chi connectivity index (χ2n) is 4.33. The van der Waals surface area contributed by atoms with E-state index in [0.717, 1.165) is 12.8 Å². The summed E-state index contributed by atoms with van der Waals surface area (Å²) in [5.41, 5.74) is -0.0514. The van der Waals surface area contributed by atoms with Crippen LogP contribution in [0.1, 0.15) is 32.1 Å². The van der Waals surface area contributed by atoms with Crippen LogP contribution in [0.15, 0.2) is 0 Å². The minimum Gasteiger partial charge on any atom is -0.480 e. The second-order valence-corrected chi connectivity index (χ2v) is 4.33. The van der Waals surface area contributed by atoms with Gasteiger partial charge in [0.25, 0.3) is 0 Å². The van der Waals surface area contributed by atoms with Gasteiger partial charge in [0.05, 0.1) is 12.2 Å². The Hall–Kier alpha value is -0.610. The summed E-state index contributed by atoms with van der Waals surface area (Å²) in [5.74, 6) is -0.810. The Labute approximate surface area is 83.6 Å². The van der Waals surface area contributed by atoms with E-state index in [-0.39, 0.29) is 5.60 Å². The van der Waals surface area contributed by atoms with Crippen LogP contribution in [0.5, 0.6) is 0 Å². The highest BCUT2D eigenvalue weighted by Gasteiger charge is 2.38. The highest BCUT2D eigenvalue weighted by atomic mass is 16.5. The van der Waals surface area contributed by atoms with Crippen molar-refractivity contribution in [1.29, 1.82) is 0 Å². The summed E-state index contributed by atoms with van der Waals surface area (Å²) >= 11 is 0. The van der Waals surface area contributed by atoms with E-state index in [9.17, 15) is 4.79 Å². The molecule has 1 saturated carbocycles. The number of carboxylic acid groups (broad SMARTS) is 1. The molecule has 4 nitrogen and oxygen atoms in total. The van der Waals surface area contributed by atoms with Crippen molar-refractivity contribution in [1.82, 2.24) is 5.32 Å². The van der Waals surface area contributed by atoms with Crippen LogP contribution in [0.25, 0.3) is 0 Å². The van der Waals surface area contributed by atoms with Gasteiger partial charge < -0.3 is 9.84 Å². The van der Waals surface area contributed by atoms with Crippen molar-refractivity contribution in [2.24, 2.45) is 0 Å². The van der Waals surface area contributed by atoms with E-state index in [1.807, 2.05) is 0 Å². The second kappa shape index (κ2) is 3.87. The molecule has 80 valence electrons. The third kappa shape index (κ3) is 1.91. The van der Waals surface area contributed by atoms with Gasteiger partial charge in [0, 0.05) is 6.54 Å². The van der Waals surface area contributed by atoms with Gasteiger partial charge in [-0.3, -0.25) is 10.1 Å². The Morgan fingerprint density at radius 1 is 1.36 bits per heavy atom. The Balaban J connectivity index is 1.90. The normalized spacial score (nSPS) is 31.6. The number of aliphatic carboxylic acids is 1. The molecule has 1 heterocycles. The van der Waals surface area contributed by atoms with Crippen molar-refractivity contribution < 1.29 is 14.6 Å². The first-order valence-corrected chi connectivity index (χ1v) is 5.32. The molecule has 0 aromatic rings. The molecule has 0 aromatic carbocycles. The Morgan fingerprint density at radius 3 is 2.57 bits per heavy atom. The summed E-state index contributed by atoms with van der Waals surface area (Å²) in [6, 6.07) is -0.512. The van der Waals surface area contributed by atoms with Gasteiger partial charge >= 0.3 is 5.97 Å². The molecule has 1 spiro atoms. The van der Waals surface area contributed by atoms with E-state index in [4.69, 9.17) is 9.84 Å². The summed E-state index contributed by atoms with van der Waals surface area (Å²) in [6.07, 6.45) is 5.85. The van der Waals surface area contributed by atoms with Gasteiger partial charge in [0.1, 0.15) is 6.04 Å². The van der Waals surface area contributed by atoms with Gasteiger partial charge in [-0.05, 0) is 12.8 Å². The molecule has 0 bridgehead atoms. The standard InChI is InChI=1S/C10H17NO3/c12-9(13)8-6-14-10(7-11-8)4-2-1-3-5-10/h8,11H,1-7H2,(H,12,13). The third-order valence-electron chi connectivity index (χ3n) is 3.29. The third-order valence-corrected chi connectivity index (χ3v) is 3.29. The fourth-order valence-corrected chi connectivity index (χ4v) is 2.36. The van der Waals surface area contributed by atoms with Crippen molar-refractivity contribution in [3.05, 3.63) is 0 Å². The zero-order valence-corrected chi connectivity index (χ0v) is 8.29. The number of nitrogens with one attached hydrogen (secondary N) is 1. The lowest BCUT2D eigenvalue weighted by atomic mass is 9.83. The smallest absolute Gasteiger partial charge is 0.323 e. The highest BCUT2D eigenvalue weighted by molar-refractivity contribution is 5.73. The lowest BCUT2D eigenvalue weighted by Gasteiger charge is -2.42. The van der Waals surface area contributed by atoms with E-state index in [2.05, 4.69) is 5.32 Å². The molecule has 0 radical (unpaired) electrons. The van der Waals surface area contributed by atoms with Crippen LogP contribution in [-0.4, -0.2) is 35.9 Å². The minimum absolute atomic E-state index is 0.0514. The van der Waals surface area contributed by atoms with E-state index in [1.54, 1.807) is 0 Å². The first-order valence-electron chi connectivity index (χ1n) is 5.32. The summed E-state index contributed by atoms with van der Waals surface area (Å²) < 4.78 is 5.74. The van der Waals surface area contributed by atoms with Crippen LogP contribution in [0.4, 0.5) is 0 Å². The van der Waals surface area contributed by atoms with Crippen LogP contribution < -0.4 is 5.32 Å². The maximum absolute atomic E-state index is 10.7. The number of hydrogen-bond donors (Lipinski definition) is 2. The minimum atomic E-state index is -0.810. The molecule has 1 aliphatic heterocycles. The molecule has 2 fully saturated rings. The van der Waals surface area contributed by atoms with Crippen LogP contribution in [0.2, 0.25) is 0 Å². The van der Waals surface area contributed by atoms with Gasteiger partial charge in [-0.25, -0.2) is 0 Å². The molecule has 0 amide bonds. The quantitative estimate of drug-likeness (QED) is 0.654. The fourth-order valence-electron chi connectivity index (χ4n) is 2.36. The molecular formula is C10H17NO3. The van der Waals surface area contributed by atoms with Crippen molar-refractivity contribution in [2.45, 2.75) is 43.7 Å². The molecule has 1 aliphatic carbocycles. The monoisotopic (exact) mass is 199 g/mol. The molecule has 0 aromatic heterocycles. The van der Waals surface area contributed by atoms with Gasteiger partial charge in [-0.2, -0.15) is 0 Å². The number of ether oxygens (including phenoxy) is 1. The number of hydrogen-bond acceptors (Lipinski definition) is 3. The lowest BCUT2D eigenvalue weighted by molar-refractivity contribution is -0.152. The molecule has 2 aliphatic rings.